The lowest BCUT2D eigenvalue weighted by atomic mass is 9.43. The summed E-state index contributed by atoms with van der Waals surface area (Å²) >= 11 is 0. The number of unbranched alkanes of at least 4 members (excludes halogenated alkanes) is 1. The second-order valence-electron chi connectivity index (χ2n) is 12.9. The van der Waals surface area contributed by atoms with E-state index in [0.717, 1.165) is 41.4 Å². The topological polar surface area (TPSA) is 9.23 Å². The van der Waals surface area contributed by atoms with E-state index >= 15 is 0 Å². The Hall–Kier alpha value is -0.0400. The Bertz CT molecular complexity index is 555. The fraction of sp³-hybridized carbons (Fsp3) is 1.00. The largest absolute Gasteiger partial charge is 0.381 e. The van der Waals surface area contributed by atoms with Crippen LogP contribution in [0.2, 0.25) is 0 Å². The van der Waals surface area contributed by atoms with Crippen LogP contribution in [-0.2, 0) is 4.74 Å². The van der Waals surface area contributed by atoms with E-state index in [9.17, 15) is 0 Å². The van der Waals surface area contributed by atoms with E-state index in [0.29, 0.717) is 16.9 Å². The van der Waals surface area contributed by atoms with Crippen LogP contribution in [-0.4, -0.2) is 13.2 Å². The average Bonchev–Trinajstić information content (AvgIpc) is 3.02. The van der Waals surface area contributed by atoms with Crippen LogP contribution < -0.4 is 0 Å². The van der Waals surface area contributed by atoms with Gasteiger partial charge in [-0.1, -0.05) is 60.3 Å². The van der Waals surface area contributed by atoms with Crippen molar-refractivity contribution in [1.29, 1.82) is 0 Å². The molecule has 4 fully saturated rings. The van der Waals surface area contributed by atoms with Gasteiger partial charge < -0.3 is 4.74 Å². The van der Waals surface area contributed by atoms with Gasteiger partial charge in [0.25, 0.3) is 0 Å². The zero-order chi connectivity index (χ0) is 20.8. The van der Waals surface area contributed by atoms with Gasteiger partial charge >= 0.3 is 0 Å². The van der Waals surface area contributed by atoms with Gasteiger partial charge in [0.05, 0.1) is 6.10 Å². The molecule has 29 heavy (non-hydrogen) atoms. The Morgan fingerprint density at radius 3 is 2.31 bits per heavy atom. The highest BCUT2D eigenvalue weighted by molar-refractivity contribution is 5.11. The molecule has 0 spiro atoms. The van der Waals surface area contributed by atoms with Gasteiger partial charge in [-0.3, -0.25) is 0 Å². The first-order valence-electron chi connectivity index (χ1n) is 13.3. The van der Waals surface area contributed by atoms with Crippen molar-refractivity contribution in [2.45, 2.75) is 118 Å². The van der Waals surface area contributed by atoms with Crippen LogP contribution in [0.1, 0.15) is 112 Å². The highest BCUT2D eigenvalue weighted by Gasteiger charge is 2.61. The van der Waals surface area contributed by atoms with E-state index in [2.05, 4.69) is 34.6 Å². The zero-order valence-corrected chi connectivity index (χ0v) is 20.5. The summed E-state index contributed by atoms with van der Waals surface area (Å²) in [7, 11) is 2.01. The van der Waals surface area contributed by atoms with Crippen molar-refractivity contribution in [3.8, 4) is 0 Å². The van der Waals surface area contributed by atoms with Crippen LogP contribution in [0.5, 0.6) is 0 Å². The van der Waals surface area contributed by atoms with Crippen molar-refractivity contribution in [3.05, 3.63) is 0 Å². The summed E-state index contributed by atoms with van der Waals surface area (Å²) in [5.41, 5.74) is 1.18. The SMILES string of the molecule is COC1CC2C3CCC(CCCCC(C)C)C3(C)CCC2C2(C)CCC(C)CC12. The lowest BCUT2D eigenvalue weighted by Gasteiger charge is -2.62. The number of methoxy groups -OCH3 is 1. The monoisotopic (exact) mass is 402 g/mol. The number of hydrogen-bond donors (Lipinski definition) is 0. The van der Waals surface area contributed by atoms with Crippen molar-refractivity contribution < 1.29 is 4.74 Å². The number of hydrogen-bond acceptors (Lipinski definition) is 1. The van der Waals surface area contributed by atoms with Crippen molar-refractivity contribution in [1.82, 2.24) is 0 Å². The van der Waals surface area contributed by atoms with Crippen LogP contribution in [0, 0.1) is 52.3 Å². The summed E-state index contributed by atoms with van der Waals surface area (Å²) in [5.74, 6) is 6.48. The third kappa shape index (κ3) is 3.85. The average molecular weight is 403 g/mol. The molecule has 1 nitrogen and oxygen atoms in total. The quantitative estimate of drug-likeness (QED) is 0.407. The van der Waals surface area contributed by atoms with Gasteiger partial charge in [0.1, 0.15) is 0 Å². The lowest BCUT2D eigenvalue weighted by molar-refractivity contribution is -0.171. The van der Waals surface area contributed by atoms with Gasteiger partial charge in [-0.2, -0.15) is 0 Å². The summed E-state index contributed by atoms with van der Waals surface area (Å²) < 4.78 is 6.23. The van der Waals surface area contributed by atoms with Crippen molar-refractivity contribution in [2.75, 3.05) is 7.11 Å². The van der Waals surface area contributed by atoms with Gasteiger partial charge in [0.15, 0.2) is 0 Å². The molecule has 0 aromatic carbocycles. The minimum atomic E-state index is 0.524. The molecular weight excluding hydrogens is 352 g/mol. The highest BCUT2D eigenvalue weighted by atomic mass is 16.5. The third-order valence-electron chi connectivity index (χ3n) is 11.0. The molecule has 0 aromatic heterocycles. The predicted molar refractivity (Wildman–Crippen MR) is 124 cm³/mol. The summed E-state index contributed by atoms with van der Waals surface area (Å²) in [5, 5.41) is 0. The lowest BCUT2D eigenvalue weighted by Crippen LogP contribution is -2.58. The summed E-state index contributed by atoms with van der Waals surface area (Å²) in [4.78, 5) is 0. The molecule has 1 heteroatoms. The molecule has 0 aromatic rings. The summed E-state index contributed by atoms with van der Waals surface area (Å²) in [6, 6.07) is 0. The van der Waals surface area contributed by atoms with Gasteiger partial charge in [-0.15, -0.1) is 0 Å². The zero-order valence-electron chi connectivity index (χ0n) is 20.5. The van der Waals surface area contributed by atoms with Crippen LogP contribution in [0.25, 0.3) is 0 Å². The van der Waals surface area contributed by atoms with E-state index in [1.54, 1.807) is 0 Å². The summed E-state index contributed by atoms with van der Waals surface area (Å²) in [6.45, 7) is 12.6. The third-order valence-corrected chi connectivity index (χ3v) is 11.0. The van der Waals surface area contributed by atoms with Crippen molar-refractivity contribution in [2.24, 2.45) is 52.3 Å². The van der Waals surface area contributed by atoms with E-state index < -0.39 is 0 Å². The Balaban J connectivity index is 1.49. The minimum Gasteiger partial charge on any atom is -0.381 e. The molecule has 0 heterocycles. The molecule has 9 atom stereocenters. The van der Waals surface area contributed by atoms with Gasteiger partial charge in [-0.05, 0) is 104 Å². The Kier molecular flexibility index (Phi) is 6.48. The number of fused-ring (bicyclic) bond motifs is 5. The van der Waals surface area contributed by atoms with Gasteiger partial charge in [-0.25, -0.2) is 0 Å². The van der Waals surface area contributed by atoms with Crippen LogP contribution >= 0.6 is 0 Å². The Morgan fingerprint density at radius 1 is 0.862 bits per heavy atom. The fourth-order valence-corrected chi connectivity index (χ4v) is 9.25. The smallest absolute Gasteiger partial charge is 0.0607 e. The van der Waals surface area contributed by atoms with Crippen molar-refractivity contribution >= 4 is 0 Å². The molecule has 4 saturated carbocycles. The molecule has 4 aliphatic carbocycles. The first kappa shape index (κ1) is 22.2. The molecule has 0 saturated heterocycles. The number of ether oxygens (including phenoxy) is 1. The Morgan fingerprint density at radius 2 is 1.59 bits per heavy atom. The van der Waals surface area contributed by atoms with E-state index in [-0.39, 0.29) is 0 Å². The minimum absolute atomic E-state index is 0.524. The molecule has 0 radical (unpaired) electrons. The second-order valence-corrected chi connectivity index (χ2v) is 12.9. The first-order valence-corrected chi connectivity index (χ1v) is 13.3. The van der Waals surface area contributed by atoms with Crippen molar-refractivity contribution in [3.63, 3.8) is 0 Å². The molecular formula is C28H50O. The van der Waals surface area contributed by atoms with E-state index in [4.69, 9.17) is 4.74 Å². The fourth-order valence-electron chi connectivity index (χ4n) is 9.25. The van der Waals surface area contributed by atoms with E-state index in [1.165, 1.54) is 77.0 Å². The van der Waals surface area contributed by atoms with Gasteiger partial charge in [0, 0.05) is 7.11 Å². The Labute approximate surface area is 182 Å². The predicted octanol–water partition coefficient (Wildman–Crippen LogP) is 8.12. The normalized spacial score (nSPS) is 49.6. The molecule has 4 aliphatic rings. The van der Waals surface area contributed by atoms with Crippen LogP contribution in [0.4, 0.5) is 0 Å². The molecule has 0 aliphatic heterocycles. The van der Waals surface area contributed by atoms with Gasteiger partial charge in [0.2, 0.25) is 0 Å². The summed E-state index contributed by atoms with van der Waals surface area (Å²) in [6.07, 6.45) is 18.1. The molecule has 0 bridgehead atoms. The maximum atomic E-state index is 6.23. The molecule has 9 unspecified atom stereocenters. The van der Waals surface area contributed by atoms with Crippen LogP contribution in [0.15, 0.2) is 0 Å². The van der Waals surface area contributed by atoms with E-state index in [1.807, 2.05) is 7.11 Å². The molecule has 0 amide bonds. The molecule has 0 N–H and O–H groups in total. The maximum absolute atomic E-state index is 6.23. The van der Waals surface area contributed by atoms with Crippen LogP contribution in [0.3, 0.4) is 0 Å². The standard InChI is InChI=1S/C28H50O/c1-19(2)9-7-8-10-21-11-12-23-22-18-26(29-6)25-17-20(3)13-15-28(25,5)24(22)14-16-27(21,23)4/h19-26H,7-18H2,1-6H3. The first-order chi connectivity index (χ1) is 13.8. The maximum Gasteiger partial charge on any atom is 0.0607 e. The highest BCUT2D eigenvalue weighted by Crippen LogP contribution is 2.68. The number of rotatable bonds is 6. The molecule has 168 valence electrons. The molecule has 4 rings (SSSR count). The second kappa shape index (κ2) is 8.48.